The maximum Gasteiger partial charge on any atom is 0.0579 e. The molecule has 0 saturated heterocycles. The van der Waals surface area contributed by atoms with E-state index in [0.717, 1.165) is 72.5 Å². The molecule has 4 aromatic heterocycles. The molecule has 15 rings (SSSR count). The largest absolute Gasteiger partial charge is 0.405 e. The second-order valence-electron chi connectivity index (χ2n) is 22.3. The van der Waals surface area contributed by atoms with Crippen LogP contribution in [0.2, 0.25) is 0 Å². The van der Waals surface area contributed by atoms with Gasteiger partial charge >= 0.3 is 0 Å². The number of hydrogen-bond acceptors (Lipinski definition) is 2. The Morgan fingerprint density at radius 2 is 0.892 bits per heavy atom. The molecule has 0 spiro atoms. The maximum atomic E-state index is 6.35. The van der Waals surface area contributed by atoms with Gasteiger partial charge in [0.1, 0.15) is 0 Å². The molecule has 13 aromatic rings. The first-order chi connectivity index (χ1) is 40.9. The lowest BCUT2D eigenvalue weighted by molar-refractivity contribution is 0.884. The monoisotopic (exact) mass is 1070 g/mol. The van der Waals surface area contributed by atoms with Gasteiger partial charge in [-0.3, -0.25) is 0 Å². The van der Waals surface area contributed by atoms with Gasteiger partial charge in [0.15, 0.2) is 0 Å². The lowest BCUT2D eigenvalue weighted by atomic mass is 9.74. The third-order valence-corrected chi connectivity index (χ3v) is 17.8. The predicted molar refractivity (Wildman–Crippen MR) is 355 cm³/mol. The Morgan fingerprint density at radius 3 is 1.37 bits per heavy atom. The van der Waals surface area contributed by atoms with Crippen molar-refractivity contribution in [2.45, 2.75) is 59.3 Å². The van der Waals surface area contributed by atoms with Crippen molar-refractivity contribution >= 4 is 99.9 Å². The summed E-state index contributed by atoms with van der Waals surface area (Å²) >= 11 is 0. The summed E-state index contributed by atoms with van der Waals surface area (Å²) < 4.78 is 9.76. The van der Waals surface area contributed by atoms with Crippen molar-refractivity contribution in [1.29, 1.82) is 0 Å². The maximum absolute atomic E-state index is 6.35. The lowest BCUT2D eigenvalue weighted by Crippen LogP contribution is -2.16. The van der Waals surface area contributed by atoms with Crippen LogP contribution in [0.1, 0.15) is 67.1 Å². The van der Waals surface area contributed by atoms with Gasteiger partial charge in [-0.2, -0.15) is 0 Å². The summed E-state index contributed by atoms with van der Waals surface area (Å²) in [6.07, 6.45) is 24.0. The van der Waals surface area contributed by atoms with Crippen LogP contribution in [-0.4, -0.2) is 18.3 Å². The Balaban J connectivity index is 0.935. The highest BCUT2D eigenvalue weighted by molar-refractivity contribution is 6.18. The number of nitrogens with two attached hydrogens (primary N) is 2. The normalized spacial score (nSPS) is 13.8. The molecular weight excluding hydrogens is 1010 g/mol. The number of nitrogens with zero attached hydrogens (tertiary/aromatic N) is 4. The zero-order valence-electron chi connectivity index (χ0n) is 47.3. The van der Waals surface area contributed by atoms with Crippen molar-refractivity contribution in [3.63, 3.8) is 0 Å². The van der Waals surface area contributed by atoms with Gasteiger partial charge in [0.25, 0.3) is 0 Å². The molecule has 6 nitrogen and oxygen atoms in total. The summed E-state index contributed by atoms with van der Waals surface area (Å²) in [6, 6.07) is 63.4. The van der Waals surface area contributed by atoms with Crippen LogP contribution in [0.15, 0.2) is 219 Å². The minimum Gasteiger partial charge on any atom is -0.405 e. The van der Waals surface area contributed by atoms with Crippen LogP contribution in [0.4, 0.5) is 0 Å². The molecular formula is C77H64N6. The van der Waals surface area contributed by atoms with E-state index in [1.54, 1.807) is 12.4 Å². The molecule has 4 heterocycles. The molecule has 9 aromatic carbocycles. The van der Waals surface area contributed by atoms with Crippen molar-refractivity contribution < 1.29 is 0 Å². The van der Waals surface area contributed by atoms with Crippen molar-refractivity contribution in [2.24, 2.45) is 11.5 Å². The highest BCUT2D eigenvalue weighted by atomic mass is 15.0. The lowest BCUT2D eigenvalue weighted by Gasteiger charge is -2.31. The van der Waals surface area contributed by atoms with Crippen LogP contribution in [0, 0.1) is 0 Å². The van der Waals surface area contributed by atoms with Gasteiger partial charge in [-0.15, -0.1) is 0 Å². The fraction of sp³-hybridized carbons (Fsp3) is 0.117. The van der Waals surface area contributed by atoms with Crippen molar-refractivity contribution in [3.8, 4) is 44.8 Å². The number of hydrogen-bond donors (Lipinski definition) is 2. The van der Waals surface area contributed by atoms with Crippen molar-refractivity contribution in [1.82, 2.24) is 18.3 Å². The van der Waals surface area contributed by atoms with E-state index in [2.05, 4.69) is 252 Å². The topological polar surface area (TPSA) is 71.8 Å². The summed E-state index contributed by atoms with van der Waals surface area (Å²) in [5, 5.41) is 8.79. The van der Waals surface area contributed by atoms with Gasteiger partial charge < -0.3 is 29.7 Å². The number of aromatic nitrogens is 4. The van der Waals surface area contributed by atoms with E-state index in [9.17, 15) is 0 Å². The van der Waals surface area contributed by atoms with E-state index in [1.165, 1.54) is 132 Å². The van der Waals surface area contributed by atoms with Crippen LogP contribution in [0.3, 0.4) is 0 Å². The van der Waals surface area contributed by atoms with E-state index in [0.29, 0.717) is 0 Å². The van der Waals surface area contributed by atoms with E-state index in [1.807, 2.05) is 6.08 Å². The quantitative estimate of drug-likeness (QED) is 0.120. The number of benzene rings is 9. The minimum atomic E-state index is 0.873. The summed E-state index contributed by atoms with van der Waals surface area (Å²) in [5.74, 6) is 0. The molecule has 402 valence electrons. The van der Waals surface area contributed by atoms with Gasteiger partial charge in [0, 0.05) is 66.0 Å². The molecule has 83 heavy (non-hydrogen) atoms. The Morgan fingerprint density at radius 1 is 0.458 bits per heavy atom. The Bertz CT molecular complexity index is 5020. The molecule has 6 heteroatoms. The van der Waals surface area contributed by atoms with Gasteiger partial charge in [-0.1, -0.05) is 124 Å². The van der Waals surface area contributed by atoms with E-state index < -0.39 is 0 Å². The molecule has 0 saturated carbocycles. The molecule has 0 amide bonds. The Hall–Kier alpha value is -10.0. The average Bonchev–Trinajstić information content (AvgIpc) is 3.07. The Kier molecular flexibility index (Phi) is 12.0. The molecule has 2 aliphatic carbocycles. The standard InChI is InChI=1S/C77H64N6/c1-5-17-54(38-40-78)82-72-36-30-50(48-28-34-70-62(42-48)58(19-7-3)68(8-4)80(70)56-20-11-9-12-21-56)44-64(72)66-46-52-26-33-61-75-53(27-32-60(74(52)75)76(66)82)47-67-65-45-51(31-37-73(65)83(77(61)67)55(18-6-2)39-41-79)49-29-35-71-63(43-49)59-24-15-16-25-69(59)81(71)57-22-13-10-14-23-57/h7-25,28-31,34-47H,4-6,26-27,32-33,78-79H2,1-3H3/b19-7-,40-38-,41-39-,54-17+,55-18+. The van der Waals surface area contributed by atoms with Gasteiger partial charge in [-0.05, 0) is 223 Å². The summed E-state index contributed by atoms with van der Waals surface area (Å²) in [6.45, 7) is 10.8. The van der Waals surface area contributed by atoms with Gasteiger partial charge in [0.2, 0.25) is 0 Å². The summed E-state index contributed by atoms with van der Waals surface area (Å²) in [5.41, 5.74) is 41.2. The second kappa shape index (κ2) is 19.9. The SMILES string of the molecule is C=Cc1c(/C=C\C)c2cc(-c3ccc4c(c3)c3cc5c6c(c3n4C(/C=C\N)=C/CC)CCc3cc4c7cc(-c8ccc9c(c8)c8ccccc8n9-c8ccccc8)ccc7n(C(/C=C\N)=C/CC)c4c(c3-6)CC5)ccc2n1-c1ccccc1. The molecule has 2 aliphatic rings. The van der Waals surface area contributed by atoms with Gasteiger partial charge in [-0.25, -0.2) is 0 Å². The third-order valence-electron chi connectivity index (χ3n) is 17.8. The van der Waals surface area contributed by atoms with E-state index in [-0.39, 0.29) is 0 Å². The summed E-state index contributed by atoms with van der Waals surface area (Å²) in [7, 11) is 0. The predicted octanol–water partition coefficient (Wildman–Crippen LogP) is 19.3. The van der Waals surface area contributed by atoms with Crippen LogP contribution in [0.25, 0.3) is 145 Å². The van der Waals surface area contributed by atoms with E-state index >= 15 is 0 Å². The number of para-hydroxylation sites is 3. The van der Waals surface area contributed by atoms with Crippen LogP contribution >= 0.6 is 0 Å². The van der Waals surface area contributed by atoms with Crippen LogP contribution < -0.4 is 11.5 Å². The van der Waals surface area contributed by atoms with Crippen molar-refractivity contribution in [3.05, 3.63) is 253 Å². The molecule has 4 N–H and O–H groups in total. The average molecular weight is 1070 g/mol. The smallest absolute Gasteiger partial charge is 0.0579 e. The molecule has 0 radical (unpaired) electrons. The molecule has 0 fully saturated rings. The first-order valence-electron chi connectivity index (χ1n) is 29.5. The number of rotatable bonds is 12. The molecule has 0 atom stereocenters. The van der Waals surface area contributed by atoms with Crippen LogP contribution in [-0.2, 0) is 25.7 Å². The highest BCUT2D eigenvalue weighted by Gasteiger charge is 2.33. The summed E-state index contributed by atoms with van der Waals surface area (Å²) in [4.78, 5) is 0. The zero-order valence-corrected chi connectivity index (χ0v) is 47.3. The number of fused-ring (bicyclic) bond motifs is 12. The number of allylic oxidation sites excluding steroid dienone is 7. The molecule has 0 aliphatic heterocycles. The Labute approximate surface area is 483 Å². The van der Waals surface area contributed by atoms with Gasteiger partial charge in [0.05, 0.1) is 44.3 Å². The minimum absolute atomic E-state index is 0.873. The molecule has 0 bridgehead atoms. The number of aryl methyl sites for hydroxylation is 4. The molecule has 0 unspecified atom stereocenters. The van der Waals surface area contributed by atoms with E-state index in [4.69, 9.17) is 11.5 Å². The fourth-order valence-electron chi connectivity index (χ4n) is 14.6. The second-order valence-corrected chi connectivity index (χ2v) is 22.3. The fourth-order valence-corrected chi connectivity index (χ4v) is 14.6. The zero-order chi connectivity index (χ0) is 56.0. The first kappa shape index (κ1) is 50.0. The first-order valence-corrected chi connectivity index (χ1v) is 29.5. The van der Waals surface area contributed by atoms with Crippen LogP contribution in [0.5, 0.6) is 0 Å². The third kappa shape index (κ3) is 7.55. The highest BCUT2D eigenvalue weighted by Crippen LogP contribution is 2.52. The van der Waals surface area contributed by atoms with Crippen molar-refractivity contribution in [2.75, 3.05) is 0 Å².